The van der Waals surface area contributed by atoms with Gasteiger partial charge >= 0.3 is 0 Å². The lowest BCUT2D eigenvalue weighted by molar-refractivity contribution is 1.07. The number of hydrogen-bond acceptors (Lipinski definition) is 4. The Morgan fingerprint density at radius 1 is 0.397 bits per heavy atom. The van der Waals surface area contributed by atoms with Crippen LogP contribution in [0.25, 0.3) is 120 Å². The van der Waals surface area contributed by atoms with Crippen molar-refractivity contribution in [3.63, 3.8) is 0 Å². The highest BCUT2D eigenvalue weighted by Gasteiger charge is 2.23. The van der Waals surface area contributed by atoms with E-state index in [4.69, 9.17) is 17.7 Å². The minimum atomic E-state index is -0.0700. The number of fused-ring (bicyclic) bond motifs is 9. The molecule has 4 aromatic heterocycles. The molecule has 6 heteroatoms. The summed E-state index contributed by atoms with van der Waals surface area (Å²) in [6, 6.07) is 56.9. The van der Waals surface area contributed by atoms with Crippen LogP contribution in [0.2, 0.25) is 0 Å². The smallest absolute Gasteiger partial charge is 0.164 e. The van der Waals surface area contributed by atoms with E-state index in [1.807, 2.05) is 124 Å². The SMILES string of the molecule is [2H]c1ccc2c(c1[2H])c1c([2H])c3c4c([2H])c([2H])ccc4n(-c4ccc(-c5nc(-c6ccccc6)nc(-c6ccccc6)n5)cc4-c4cccc5c4sc4ccccc45)c3c([2H])c1n2-c1ccccc1. The molecular formula is C57H35N5S. The van der Waals surface area contributed by atoms with E-state index in [-0.39, 0.29) is 36.3 Å². The molecule has 294 valence electrons. The molecule has 0 aliphatic carbocycles. The van der Waals surface area contributed by atoms with Crippen molar-refractivity contribution in [2.24, 2.45) is 0 Å². The molecule has 0 saturated carbocycles. The molecule has 13 aromatic rings. The van der Waals surface area contributed by atoms with E-state index in [2.05, 4.69) is 42.5 Å². The molecule has 0 N–H and O–H groups in total. The summed E-state index contributed by atoms with van der Waals surface area (Å²) < 4.78 is 63.0. The molecule has 0 fully saturated rings. The summed E-state index contributed by atoms with van der Waals surface area (Å²) in [5.41, 5.74) is 7.53. The van der Waals surface area contributed by atoms with Crippen molar-refractivity contribution in [1.82, 2.24) is 24.1 Å². The van der Waals surface area contributed by atoms with Crippen LogP contribution in [0.3, 0.4) is 0 Å². The zero-order valence-corrected chi connectivity index (χ0v) is 34.2. The van der Waals surface area contributed by atoms with Crippen molar-refractivity contribution in [3.8, 4) is 56.7 Å². The van der Waals surface area contributed by atoms with E-state index in [0.717, 1.165) is 53.7 Å². The van der Waals surface area contributed by atoms with E-state index in [1.54, 1.807) is 29.5 Å². The van der Waals surface area contributed by atoms with Crippen molar-refractivity contribution in [2.75, 3.05) is 0 Å². The molecule has 9 aromatic carbocycles. The molecule has 0 bridgehead atoms. The van der Waals surface area contributed by atoms with Gasteiger partial charge in [-0.1, -0.05) is 152 Å². The second-order valence-electron chi connectivity index (χ2n) is 15.5. The highest BCUT2D eigenvalue weighted by atomic mass is 32.1. The average Bonchev–Trinajstić information content (AvgIpc) is 4.08. The fourth-order valence-electron chi connectivity index (χ4n) is 9.01. The molecule has 0 amide bonds. The van der Waals surface area contributed by atoms with E-state index < -0.39 is 0 Å². The lowest BCUT2D eigenvalue weighted by Gasteiger charge is -2.17. The normalized spacial score (nSPS) is 13.1. The molecule has 0 aliphatic heterocycles. The van der Waals surface area contributed by atoms with Gasteiger partial charge in [0.2, 0.25) is 0 Å². The standard InChI is InChI=1S/C57H35N5S/c1-4-17-36(18-5-1)55-58-56(37-19-6-2-7-20-37)60-57(59-55)38-31-32-50(45(33-38)44-27-16-26-43-42-25-12-15-30-53(42)63-54(43)44)62-49-29-14-11-24-41(49)47-34-46-40-23-10-13-28-48(40)61(51(46)35-52(47)62)39-21-8-3-9-22-39/h1-35H/i10D,11D,23D,24D,34D,35D. The maximum absolute atomic E-state index is 10.4. The first-order valence-corrected chi connectivity index (χ1v) is 21.5. The predicted octanol–water partition coefficient (Wildman–Crippen LogP) is 15.1. The van der Waals surface area contributed by atoms with Gasteiger partial charge in [-0.2, -0.15) is 0 Å². The Morgan fingerprint density at radius 2 is 0.968 bits per heavy atom. The Labute approximate surface area is 374 Å². The van der Waals surface area contributed by atoms with Gasteiger partial charge in [0.25, 0.3) is 0 Å². The molecule has 0 aliphatic rings. The van der Waals surface area contributed by atoms with Crippen molar-refractivity contribution < 1.29 is 8.22 Å². The van der Waals surface area contributed by atoms with E-state index >= 15 is 0 Å². The molecule has 0 spiro atoms. The molecule has 63 heavy (non-hydrogen) atoms. The van der Waals surface area contributed by atoms with Gasteiger partial charge in [0.05, 0.1) is 36.0 Å². The van der Waals surface area contributed by atoms with Gasteiger partial charge in [0, 0.05) is 75.2 Å². The van der Waals surface area contributed by atoms with Crippen LogP contribution in [0.1, 0.15) is 8.22 Å². The molecule has 0 unspecified atom stereocenters. The largest absolute Gasteiger partial charge is 0.309 e. The van der Waals surface area contributed by atoms with Gasteiger partial charge in [-0.15, -0.1) is 11.3 Å². The topological polar surface area (TPSA) is 48.5 Å². The summed E-state index contributed by atoms with van der Waals surface area (Å²) in [6.45, 7) is 0. The number of rotatable bonds is 6. The second-order valence-corrected chi connectivity index (χ2v) is 16.5. The minimum absolute atomic E-state index is 0.00259. The lowest BCUT2D eigenvalue weighted by Crippen LogP contribution is -2.02. The zero-order chi connectivity index (χ0) is 46.7. The lowest BCUT2D eigenvalue weighted by atomic mass is 9.98. The first-order chi connectivity index (χ1) is 33.7. The summed E-state index contributed by atoms with van der Waals surface area (Å²) in [5.74, 6) is 1.53. The number of hydrogen-bond donors (Lipinski definition) is 0. The quantitative estimate of drug-likeness (QED) is 0.168. The Balaban J connectivity index is 1.18. The number of thiophene rings is 1. The van der Waals surface area contributed by atoms with Crippen molar-refractivity contribution in [3.05, 3.63) is 212 Å². The van der Waals surface area contributed by atoms with Crippen LogP contribution in [0.4, 0.5) is 0 Å². The van der Waals surface area contributed by atoms with E-state index in [9.17, 15) is 5.48 Å². The van der Waals surface area contributed by atoms with Crippen LogP contribution in [0.5, 0.6) is 0 Å². The third-order valence-electron chi connectivity index (χ3n) is 11.8. The molecule has 0 atom stereocenters. The van der Waals surface area contributed by atoms with Crippen molar-refractivity contribution >= 4 is 75.1 Å². The van der Waals surface area contributed by atoms with Crippen LogP contribution in [0, 0.1) is 0 Å². The van der Waals surface area contributed by atoms with Crippen molar-refractivity contribution in [2.45, 2.75) is 0 Å². The summed E-state index contributed by atoms with van der Waals surface area (Å²) in [7, 11) is 0. The number of nitrogens with zero attached hydrogens (tertiary/aromatic N) is 5. The number of aromatic nitrogens is 5. The molecule has 4 heterocycles. The van der Waals surface area contributed by atoms with Crippen molar-refractivity contribution in [1.29, 1.82) is 0 Å². The van der Waals surface area contributed by atoms with Gasteiger partial charge in [-0.3, -0.25) is 0 Å². The third-order valence-corrected chi connectivity index (χ3v) is 13.1. The van der Waals surface area contributed by atoms with Gasteiger partial charge in [0.15, 0.2) is 17.5 Å². The Morgan fingerprint density at radius 3 is 1.65 bits per heavy atom. The first-order valence-electron chi connectivity index (χ1n) is 23.7. The summed E-state index contributed by atoms with van der Waals surface area (Å²) in [6.07, 6.45) is 0. The Bertz CT molecular complexity index is 4210. The molecule has 5 nitrogen and oxygen atoms in total. The second kappa shape index (κ2) is 14.2. The first kappa shape index (κ1) is 29.9. The maximum Gasteiger partial charge on any atom is 0.164 e. The molecule has 0 radical (unpaired) electrons. The summed E-state index contributed by atoms with van der Waals surface area (Å²) in [5, 5.41) is 3.67. The summed E-state index contributed by atoms with van der Waals surface area (Å²) >= 11 is 1.70. The van der Waals surface area contributed by atoms with Gasteiger partial charge in [-0.25, -0.2) is 15.0 Å². The molecule has 0 saturated heterocycles. The highest BCUT2D eigenvalue weighted by Crippen LogP contribution is 2.45. The van der Waals surface area contributed by atoms with E-state index in [0.29, 0.717) is 66.8 Å². The summed E-state index contributed by atoms with van der Waals surface area (Å²) in [4.78, 5) is 15.2. The predicted molar refractivity (Wildman–Crippen MR) is 263 cm³/mol. The molecule has 13 rings (SSSR count). The van der Waals surface area contributed by atoms with Crippen LogP contribution >= 0.6 is 11.3 Å². The van der Waals surface area contributed by atoms with Crippen LogP contribution in [-0.2, 0) is 0 Å². The van der Waals surface area contributed by atoms with Crippen LogP contribution in [0.15, 0.2) is 212 Å². The van der Waals surface area contributed by atoms with Gasteiger partial charge in [0.1, 0.15) is 0 Å². The Hall–Kier alpha value is -8.19. The minimum Gasteiger partial charge on any atom is -0.309 e. The number of para-hydroxylation sites is 3. The molecular weight excluding hydrogens is 787 g/mol. The van der Waals surface area contributed by atoms with Gasteiger partial charge in [-0.05, 0) is 60.6 Å². The van der Waals surface area contributed by atoms with Crippen LogP contribution in [-0.4, -0.2) is 24.1 Å². The van der Waals surface area contributed by atoms with Gasteiger partial charge < -0.3 is 9.13 Å². The zero-order valence-electron chi connectivity index (χ0n) is 39.4. The fraction of sp³-hybridized carbons (Fsp3) is 0. The third kappa shape index (κ3) is 5.66. The van der Waals surface area contributed by atoms with E-state index in [1.165, 1.54) is 0 Å². The monoisotopic (exact) mass is 827 g/mol. The fourth-order valence-corrected chi connectivity index (χ4v) is 10.2. The highest BCUT2D eigenvalue weighted by molar-refractivity contribution is 7.26. The average molecular weight is 828 g/mol. The Kier molecular flexibility index (Phi) is 6.75. The maximum atomic E-state index is 10.4. The number of benzene rings is 9. The van der Waals surface area contributed by atoms with Crippen LogP contribution < -0.4 is 0 Å².